The van der Waals surface area contributed by atoms with Crippen molar-refractivity contribution in [3.05, 3.63) is 0 Å². The monoisotopic (exact) mass is 192 g/mol. The van der Waals surface area contributed by atoms with Crippen molar-refractivity contribution in [2.75, 3.05) is 13.2 Å². The Balaban J connectivity index is 2.27. The third-order valence-electron chi connectivity index (χ3n) is 2.47. The number of rotatable bonds is 1. The quantitative estimate of drug-likeness (QED) is 0.582. The van der Waals surface area contributed by atoms with E-state index < -0.39 is 10.2 Å². The lowest BCUT2D eigenvalue weighted by molar-refractivity contribution is 0.0269. The highest BCUT2D eigenvalue weighted by Gasteiger charge is 2.42. The van der Waals surface area contributed by atoms with E-state index in [1.54, 1.807) is 0 Å². The Bertz CT molecular complexity index is 261. The van der Waals surface area contributed by atoms with E-state index in [4.69, 9.17) is 9.88 Å². The first-order valence-corrected chi connectivity index (χ1v) is 5.48. The Morgan fingerprint density at radius 1 is 1.25 bits per heavy atom. The van der Waals surface area contributed by atoms with E-state index >= 15 is 0 Å². The zero-order chi connectivity index (χ0) is 8.77. The fraction of sp³-hybridized carbons (Fsp3) is 1.00. The molecule has 70 valence electrons. The number of fused-ring (bicyclic) bond motifs is 2. The van der Waals surface area contributed by atoms with Crippen molar-refractivity contribution < 1.29 is 13.2 Å². The lowest BCUT2D eigenvalue weighted by Gasteiger charge is -2.31. The molecule has 6 heteroatoms. The Hall–Kier alpha value is -0.170. The van der Waals surface area contributed by atoms with Crippen molar-refractivity contribution in [1.82, 2.24) is 4.31 Å². The van der Waals surface area contributed by atoms with Crippen molar-refractivity contribution in [2.45, 2.75) is 24.9 Å². The van der Waals surface area contributed by atoms with Gasteiger partial charge in [0.05, 0.1) is 13.2 Å². The number of hydrogen-bond donors (Lipinski definition) is 1. The molecule has 0 amide bonds. The molecule has 5 nitrogen and oxygen atoms in total. The first kappa shape index (κ1) is 8.43. The molecule has 0 aliphatic carbocycles. The van der Waals surface area contributed by atoms with Crippen LogP contribution in [-0.4, -0.2) is 38.0 Å². The number of ether oxygens (including phenoxy) is 1. The minimum atomic E-state index is -3.51. The van der Waals surface area contributed by atoms with Crippen LogP contribution >= 0.6 is 0 Å². The van der Waals surface area contributed by atoms with Crippen LogP contribution in [0.2, 0.25) is 0 Å². The van der Waals surface area contributed by atoms with Gasteiger partial charge in [0.2, 0.25) is 0 Å². The molecule has 2 heterocycles. The molecule has 12 heavy (non-hydrogen) atoms. The number of morpholine rings is 1. The van der Waals surface area contributed by atoms with E-state index in [1.165, 1.54) is 4.31 Å². The summed E-state index contributed by atoms with van der Waals surface area (Å²) in [4.78, 5) is 0. The average molecular weight is 192 g/mol. The van der Waals surface area contributed by atoms with Crippen LogP contribution in [0.5, 0.6) is 0 Å². The van der Waals surface area contributed by atoms with Gasteiger partial charge < -0.3 is 4.74 Å². The second-order valence-electron chi connectivity index (χ2n) is 3.30. The molecule has 2 fully saturated rings. The predicted molar refractivity (Wildman–Crippen MR) is 42.6 cm³/mol. The van der Waals surface area contributed by atoms with Crippen LogP contribution in [0.1, 0.15) is 12.8 Å². The molecule has 2 saturated heterocycles. The summed E-state index contributed by atoms with van der Waals surface area (Å²) in [6, 6.07) is -0.0301. The molecular weight excluding hydrogens is 180 g/mol. The third kappa shape index (κ3) is 1.24. The molecule has 2 rings (SSSR count). The summed E-state index contributed by atoms with van der Waals surface area (Å²) in [6.07, 6.45) is 1.75. The maximum absolute atomic E-state index is 11.1. The molecule has 0 aromatic heterocycles. The minimum Gasteiger partial charge on any atom is -0.378 e. The zero-order valence-electron chi connectivity index (χ0n) is 6.64. The highest BCUT2D eigenvalue weighted by Crippen LogP contribution is 2.29. The van der Waals surface area contributed by atoms with Crippen LogP contribution < -0.4 is 5.14 Å². The maximum Gasteiger partial charge on any atom is 0.277 e. The minimum absolute atomic E-state index is 0.0150. The lowest BCUT2D eigenvalue weighted by Crippen LogP contribution is -2.51. The van der Waals surface area contributed by atoms with Gasteiger partial charge in [-0.15, -0.1) is 0 Å². The summed E-state index contributed by atoms with van der Waals surface area (Å²) in [5.41, 5.74) is 0. The number of nitrogens with zero attached hydrogens (tertiary/aromatic N) is 1. The van der Waals surface area contributed by atoms with Gasteiger partial charge in [0.25, 0.3) is 10.2 Å². The van der Waals surface area contributed by atoms with Crippen molar-refractivity contribution in [1.29, 1.82) is 0 Å². The summed E-state index contributed by atoms with van der Waals surface area (Å²) < 4.78 is 28.8. The fourth-order valence-electron chi connectivity index (χ4n) is 2.01. The van der Waals surface area contributed by atoms with Gasteiger partial charge in [-0.25, -0.2) is 5.14 Å². The molecule has 0 saturated carbocycles. The number of hydrogen-bond acceptors (Lipinski definition) is 3. The van der Waals surface area contributed by atoms with Crippen molar-refractivity contribution in [3.8, 4) is 0 Å². The third-order valence-corrected chi connectivity index (χ3v) is 3.65. The molecule has 2 bridgehead atoms. The standard InChI is InChI=1S/C6H12N2O3S/c7-12(9,10)8-5-1-2-6(8)4-11-3-5/h5-6H,1-4H2,(H2,7,9,10). The summed E-state index contributed by atoms with van der Waals surface area (Å²) in [7, 11) is -3.51. The van der Waals surface area contributed by atoms with Crippen LogP contribution in [0.15, 0.2) is 0 Å². The largest absolute Gasteiger partial charge is 0.378 e. The summed E-state index contributed by atoms with van der Waals surface area (Å²) in [5.74, 6) is 0. The van der Waals surface area contributed by atoms with Gasteiger partial charge in [-0.1, -0.05) is 0 Å². The van der Waals surface area contributed by atoms with E-state index in [2.05, 4.69) is 0 Å². The summed E-state index contributed by atoms with van der Waals surface area (Å²) >= 11 is 0. The van der Waals surface area contributed by atoms with Crippen molar-refractivity contribution in [2.24, 2.45) is 5.14 Å². The highest BCUT2D eigenvalue weighted by molar-refractivity contribution is 7.86. The van der Waals surface area contributed by atoms with Gasteiger partial charge in [0.15, 0.2) is 0 Å². The van der Waals surface area contributed by atoms with Crippen LogP contribution in [0.25, 0.3) is 0 Å². The zero-order valence-corrected chi connectivity index (χ0v) is 7.46. The predicted octanol–water partition coefficient (Wildman–Crippen LogP) is -0.947. The van der Waals surface area contributed by atoms with E-state index in [9.17, 15) is 8.42 Å². The van der Waals surface area contributed by atoms with Gasteiger partial charge in [-0.3, -0.25) is 0 Å². The van der Waals surface area contributed by atoms with E-state index in [0.717, 1.165) is 12.8 Å². The normalized spacial score (nSPS) is 37.1. The molecular formula is C6H12N2O3S. The second-order valence-corrected chi connectivity index (χ2v) is 4.75. The summed E-state index contributed by atoms with van der Waals surface area (Å²) in [5, 5.41) is 5.07. The maximum atomic E-state index is 11.1. The van der Waals surface area contributed by atoms with E-state index in [1.807, 2.05) is 0 Å². The van der Waals surface area contributed by atoms with Crippen molar-refractivity contribution >= 4 is 10.2 Å². The number of nitrogens with two attached hydrogens (primary N) is 1. The molecule has 2 unspecified atom stereocenters. The molecule has 0 spiro atoms. The van der Waals surface area contributed by atoms with E-state index in [0.29, 0.717) is 13.2 Å². The Kier molecular flexibility index (Phi) is 1.87. The molecule has 0 aromatic carbocycles. The van der Waals surface area contributed by atoms with Crippen LogP contribution in [0.4, 0.5) is 0 Å². The molecule has 2 N–H and O–H groups in total. The molecule has 2 atom stereocenters. The Morgan fingerprint density at radius 3 is 2.08 bits per heavy atom. The SMILES string of the molecule is NS(=O)(=O)N1C2CCC1COC2. The second kappa shape index (κ2) is 2.66. The molecule has 0 radical (unpaired) electrons. The first-order chi connectivity index (χ1) is 5.59. The Morgan fingerprint density at radius 2 is 1.75 bits per heavy atom. The molecule has 2 aliphatic heterocycles. The van der Waals surface area contributed by atoms with Crippen LogP contribution in [-0.2, 0) is 14.9 Å². The van der Waals surface area contributed by atoms with Gasteiger partial charge in [0.1, 0.15) is 0 Å². The van der Waals surface area contributed by atoms with Crippen molar-refractivity contribution in [3.63, 3.8) is 0 Å². The van der Waals surface area contributed by atoms with Gasteiger partial charge >= 0.3 is 0 Å². The van der Waals surface area contributed by atoms with E-state index in [-0.39, 0.29) is 12.1 Å². The molecule has 2 aliphatic rings. The highest BCUT2D eigenvalue weighted by atomic mass is 32.2. The van der Waals surface area contributed by atoms with Gasteiger partial charge in [0, 0.05) is 12.1 Å². The van der Waals surface area contributed by atoms with Gasteiger partial charge in [-0.2, -0.15) is 12.7 Å². The average Bonchev–Trinajstić information content (AvgIpc) is 2.23. The molecule has 0 aromatic rings. The van der Waals surface area contributed by atoms with Crippen LogP contribution in [0, 0.1) is 0 Å². The fourth-order valence-corrected chi connectivity index (χ4v) is 3.17. The smallest absolute Gasteiger partial charge is 0.277 e. The first-order valence-electron chi connectivity index (χ1n) is 3.98. The van der Waals surface area contributed by atoms with Crippen LogP contribution in [0.3, 0.4) is 0 Å². The van der Waals surface area contributed by atoms with Gasteiger partial charge in [-0.05, 0) is 12.8 Å². The Labute approximate surface area is 71.7 Å². The lowest BCUT2D eigenvalue weighted by atomic mass is 10.2. The topological polar surface area (TPSA) is 72.6 Å². The summed E-state index contributed by atoms with van der Waals surface area (Å²) in [6.45, 7) is 0.986.